The fourth-order valence-corrected chi connectivity index (χ4v) is 6.62. The van der Waals surface area contributed by atoms with Crippen molar-refractivity contribution in [3.8, 4) is 5.75 Å². The maximum atomic E-state index is 15.0. The Morgan fingerprint density at radius 2 is 1.14 bits per heavy atom. The van der Waals surface area contributed by atoms with E-state index in [0.717, 1.165) is 11.8 Å². The Balaban J connectivity index is 1.28. The zero-order chi connectivity index (χ0) is 25.4. The first kappa shape index (κ1) is 27.1. The molecule has 0 aromatic heterocycles. The topological polar surface area (TPSA) is 9.23 Å². The van der Waals surface area contributed by atoms with Crippen LogP contribution in [-0.2, 0) is 6.11 Å². The summed E-state index contributed by atoms with van der Waals surface area (Å²) in [6.45, 7) is 4.51. The highest BCUT2D eigenvalue weighted by atomic mass is 19.3. The van der Waals surface area contributed by atoms with Crippen LogP contribution < -0.4 is 4.74 Å². The molecule has 0 heterocycles. The standard InChI is InChI=1S/C33H46F2O/c1-3-5-6-8-26-11-15-27(16-12-26)29-17-21-31(22-18-29)33(34,35)36-32-23-19-30(20-24-32)28-13-9-25(7-4-2)10-14-28/h17-28H,3-16H2,1-2H3/t25-,26-,27-,28-. The summed E-state index contributed by atoms with van der Waals surface area (Å²) in [5.41, 5.74) is 2.38. The number of halogens is 2. The van der Waals surface area contributed by atoms with Crippen molar-refractivity contribution in [3.63, 3.8) is 0 Å². The molecule has 0 amide bonds. The molecule has 2 aromatic rings. The second-order valence-electron chi connectivity index (χ2n) is 11.5. The van der Waals surface area contributed by atoms with Crippen LogP contribution in [-0.4, -0.2) is 0 Å². The highest BCUT2D eigenvalue weighted by Gasteiger charge is 2.35. The predicted octanol–water partition coefficient (Wildman–Crippen LogP) is 10.7. The molecular weight excluding hydrogens is 450 g/mol. The van der Waals surface area contributed by atoms with Crippen LogP contribution in [0.2, 0.25) is 0 Å². The lowest BCUT2D eigenvalue weighted by molar-refractivity contribution is -0.185. The molecular formula is C33H46F2O. The normalized spacial score (nSPS) is 25.0. The van der Waals surface area contributed by atoms with Gasteiger partial charge >= 0.3 is 6.11 Å². The van der Waals surface area contributed by atoms with Crippen LogP contribution in [0, 0.1) is 11.8 Å². The molecule has 3 heteroatoms. The van der Waals surface area contributed by atoms with Crippen molar-refractivity contribution < 1.29 is 13.5 Å². The van der Waals surface area contributed by atoms with Crippen LogP contribution in [0.25, 0.3) is 0 Å². The van der Waals surface area contributed by atoms with Gasteiger partial charge in [-0.2, -0.15) is 8.78 Å². The number of hydrogen-bond donors (Lipinski definition) is 0. The smallest absolute Gasteiger partial charge is 0.426 e. The molecule has 36 heavy (non-hydrogen) atoms. The Morgan fingerprint density at radius 1 is 0.639 bits per heavy atom. The maximum Gasteiger partial charge on any atom is 0.426 e. The van der Waals surface area contributed by atoms with Crippen molar-refractivity contribution in [2.45, 2.75) is 122 Å². The fraction of sp³-hybridized carbons (Fsp3) is 0.636. The largest absolute Gasteiger partial charge is 0.429 e. The molecule has 4 rings (SSSR count). The van der Waals surface area contributed by atoms with E-state index in [1.807, 2.05) is 24.3 Å². The summed E-state index contributed by atoms with van der Waals surface area (Å²) < 4.78 is 35.1. The minimum Gasteiger partial charge on any atom is -0.429 e. The first-order valence-electron chi connectivity index (χ1n) is 14.8. The predicted molar refractivity (Wildman–Crippen MR) is 146 cm³/mol. The van der Waals surface area contributed by atoms with Gasteiger partial charge in [0.25, 0.3) is 0 Å². The average molecular weight is 497 g/mol. The van der Waals surface area contributed by atoms with Gasteiger partial charge in [-0.15, -0.1) is 0 Å². The third kappa shape index (κ3) is 7.33. The number of unbranched alkanes of at least 4 members (excludes halogenated alkanes) is 2. The van der Waals surface area contributed by atoms with Crippen LogP contribution in [0.5, 0.6) is 5.75 Å². The maximum absolute atomic E-state index is 15.0. The van der Waals surface area contributed by atoms with E-state index in [1.54, 1.807) is 24.3 Å². The molecule has 2 aromatic carbocycles. The molecule has 2 saturated carbocycles. The summed E-state index contributed by atoms with van der Waals surface area (Å²) >= 11 is 0. The Bertz CT molecular complexity index is 888. The van der Waals surface area contributed by atoms with Gasteiger partial charge in [0.15, 0.2) is 0 Å². The summed E-state index contributed by atoms with van der Waals surface area (Å²) in [4.78, 5) is 0. The summed E-state index contributed by atoms with van der Waals surface area (Å²) in [5.74, 6) is 3.00. The van der Waals surface area contributed by atoms with Gasteiger partial charge in [0.1, 0.15) is 5.75 Å². The molecule has 0 atom stereocenters. The number of benzene rings is 2. The van der Waals surface area contributed by atoms with Gasteiger partial charge in [0, 0.05) is 0 Å². The van der Waals surface area contributed by atoms with E-state index < -0.39 is 6.11 Å². The second-order valence-corrected chi connectivity index (χ2v) is 11.5. The van der Waals surface area contributed by atoms with E-state index in [9.17, 15) is 8.78 Å². The molecule has 0 bridgehead atoms. The molecule has 0 spiro atoms. The first-order valence-corrected chi connectivity index (χ1v) is 14.8. The SMILES string of the molecule is CCCCC[C@H]1CC[C@H](c2ccc(C(F)(F)Oc3ccc([C@H]4CC[C@H](CCC)CC4)cc3)cc2)CC1. The molecule has 0 unspecified atom stereocenters. The Kier molecular flexibility index (Phi) is 9.85. The lowest BCUT2D eigenvalue weighted by Gasteiger charge is -2.29. The molecule has 1 nitrogen and oxygen atoms in total. The molecule has 0 radical (unpaired) electrons. The van der Waals surface area contributed by atoms with Gasteiger partial charge < -0.3 is 4.74 Å². The number of ether oxygens (including phenoxy) is 1. The second kappa shape index (κ2) is 13.1. The zero-order valence-electron chi connectivity index (χ0n) is 22.5. The monoisotopic (exact) mass is 496 g/mol. The molecule has 198 valence electrons. The minimum absolute atomic E-state index is 0.0715. The van der Waals surface area contributed by atoms with Gasteiger partial charge in [0.05, 0.1) is 5.56 Å². The van der Waals surface area contributed by atoms with Crippen LogP contribution in [0.3, 0.4) is 0 Å². The molecule has 2 fully saturated rings. The van der Waals surface area contributed by atoms with E-state index in [4.69, 9.17) is 4.74 Å². The summed E-state index contributed by atoms with van der Waals surface area (Å²) in [5, 5.41) is 0. The third-order valence-electron chi connectivity index (χ3n) is 8.92. The highest BCUT2D eigenvalue weighted by Crippen LogP contribution is 2.40. The van der Waals surface area contributed by atoms with Crippen molar-refractivity contribution in [1.82, 2.24) is 0 Å². The minimum atomic E-state index is -3.34. The molecule has 0 aliphatic heterocycles. The summed E-state index contributed by atoms with van der Waals surface area (Å²) in [7, 11) is 0. The molecule has 2 aliphatic rings. The van der Waals surface area contributed by atoms with Crippen LogP contribution in [0.15, 0.2) is 48.5 Å². The van der Waals surface area contributed by atoms with Crippen molar-refractivity contribution in [2.75, 3.05) is 0 Å². The van der Waals surface area contributed by atoms with Gasteiger partial charge in [-0.05, 0) is 110 Å². The lowest BCUT2D eigenvalue weighted by atomic mass is 9.77. The van der Waals surface area contributed by atoms with E-state index in [0.29, 0.717) is 11.8 Å². The van der Waals surface area contributed by atoms with Gasteiger partial charge in [-0.1, -0.05) is 76.6 Å². The molecule has 2 aliphatic carbocycles. The first-order chi connectivity index (χ1) is 17.5. The van der Waals surface area contributed by atoms with Crippen molar-refractivity contribution in [1.29, 1.82) is 0 Å². The van der Waals surface area contributed by atoms with Crippen molar-refractivity contribution >= 4 is 0 Å². The van der Waals surface area contributed by atoms with Gasteiger partial charge in [0.2, 0.25) is 0 Å². The van der Waals surface area contributed by atoms with Gasteiger partial charge in [-0.3, -0.25) is 0 Å². The van der Waals surface area contributed by atoms with E-state index in [1.165, 1.54) is 101 Å². The van der Waals surface area contributed by atoms with Crippen molar-refractivity contribution in [3.05, 3.63) is 65.2 Å². The average Bonchev–Trinajstić information content (AvgIpc) is 2.90. The lowest BCUT2D eigenvalue weighted by Crippen LogP contribution is -2.22. The Labute approximate surface area is 218 Å². The van der Waals surface area contributed by atoms with Crippen LogP contribution in [0.1, 0.15) is 132 Å². The number of hydrogen-bond acceptors (Lipinski definition) is 1. The Morgan fingerprint density at radius 3 is 1.64 bits per heavy atom. The third-order valence-corrected chi connectivity index (χ3v) is 8.92. The summed E-state index contributed by atoms with van der Waals surface area (Å²) in [6.07, 6.45) is 14.4. The fourth-order valence-electron chi connectivity index (χ4n) is 6.62. The number of alkyl halides is 2. The molecule has 0 saturated heterocycles. The quantitative estimate of drug-likeness (QED) is 0.281. The molecule has 0 N–H and O–H groups in total. The van der Waals surface area contributed by atoms with Crippen molar-refractivity contribution in [2.24, 2.45) is 11.8 Å². The van der Waals surface area contributed by atoms with Crippen LogP contribution in [0.4, 0.5) is 8.78 Å². The summed E-state index contributed by atoms with van der Waals surface area (Å²) in [6, 6.07) is 14.3. The zero-order valence-corrected chi connectivity index (χ0v) is 22.5. The highest BCUT2D eigenvalue weighted by molar-refractivity contribution is 5.32. The van der Waals surface area contributed by atoms with E-state index >= 15 is 0 Å². The van der Waals surface area contributed by atoms with Crippen LogP contribution >= 0.6 is 0 Å². The number of rotatable bonds is 11. The van der Waals surface area contributed by atoms with E-state index in [2.05, 4.69) is 13.8 Å². The van der Waals surface area contributed by atoms with Gasteiger partial charge in [-0.25, -0.2) is 0 Å². The van der Waals surface area contributed by atoms with E-state index in [-0.39, 0.29) is 11.3 Å². The Hall–Kier alpha value is -1.90.